The van der Waals surface area contributed by atoms with Crippen LogP contribution >= 0.6 is 0 Å². The van der Waals surface area contributed by atoms with Crippen LogP contribution in [0.5, 0.6) is 0 Å². The van der Waals surface area contributed by atoms with E-state index in [4.69, 9.17) is 10.2 Å². The molecule has 2 nitrogen and oxygen atoms in total. The van der Waals surface area contributed by atoms with Crippen LogP contribution in [-0.2, 0) is 0 Å². The van der Waals surface area contributed by atoms with Crippen molar-refractivity contribution in [3.63, 3.8) is 0 Å². The second-order valence-corrected chi connectivity index (χ2v) is 2.59. The number of hydrogen-bond acceptors (Lipinski definition) is 2. The lowest BCUT2D eigenvalue weighted by Gasteiger charge is -2.11. The molecule has 0 amide bonds. The summed E-state index contributed by atoms with van der Waals surface area (Å²) in [5, 5.41) is 17.5. The lowest BCUT2D eigenvalue weighted by Crippen LogP contribution is -2.09. The van der Waals surface area contributed by atoms with Gasteiger partial charge in [-0.1, -0.05) is 6.08 Å². The molecule has 0 aromatic rings. The topological polar surface area (TPSA) is 40.5 Å². The molecule has 0 aliphatic heterocycles. The molecule has 2 heteroatoms. The second kappa shape index (κ2) is 5.45. The van der Waals surface area contributed by atoms with Crippen LogP contribution in [0.1, 0.15) is 19.8 Å². The molecule has 0 bridgehead atoms. The minimum absolute atomic E-state index is 0.170. The molecular formula is C8H16O2. The molecule has 0 radical (unpaired) electrons. The van der Waals surface area contributed by atoms with Gasteiger partial charge in [-0.3, -0.25) is 0 Å². The first-order chi connectivity index (χ1) is 4.70. The van der Waals surface area contributed by atoms with Crippen LogP contribution in [0.4, 0.5) is 0 Å². The molecule has 2 atom stereocenters. The summed E-state index contributed by atoms with van der Waals surface area (Å²) in [6, 6.07) is 0. The van der Waals surface area contributed by atoms with Gasteiger partial charge in [-0.15, -0.1) is 6.58 Å². The largest absolute Gasteiger partial charge is 0.396 e. The van der Waals surface area contributed by atoms with Gasteiger partial charge in [0.25, 0.3) is 0 Å². The second-order valence-electron chi connectivity index (χ2n) is 2.59. The van der Waals surface area contributed by atoms with Gasteiger partial charge >= 0.3 is 0 Å². The van der Waals surface area contributed by atoms with Crippen molar-refractivity contribution < 1.29 is 10.2 Å². The smallest absolute Gasteiger partial charge is 0.0517 e. The van der Waals surface area contributed by atoms with E-state index >= 15 is 0 Å². The fourth-order valence-electron chi connectivity index (χ4n) is 0.936. The molecule has 0 aromatic heterocycles. The molecule has 0 saturated heterocycles. The fourth-order valence-corrected chi connectivity index (χ4v) is 0.936. The molecule has 2 unspecified atom stereocenters. The Kier molecular flexibility index (Phi) is 5.26. The summed E-state index contributed by atoms with van der Waals surface area (Å²) < 4.78 is 0. The van der Waals surface area contributed by atoms with Crippen molar-refractivity contribution in [3.05, 3.63) is 12.7 Å². The van der Waals surface area contributed by atoms with E-state index in [1.807, 2.05) is 0 Å². The average molecular weight is 144 g/mol. The molecule has 0 aromatic carbocycles. The number of aliphatic hydroxyl groups excluding tert-OH is 2. The van der Waals surface area contributed by atoms with Crippen LogP contribution < -0.4 is 0 Å². The first-order valence-corrected chi connectivity index (χ1v) is 3.62. The highest BCUT2D eigenvalue weighted by molar-refractivity contribution is 4.79. The monoisotopic (exact) mass is 144 g/mol. The van der Waals surface area contributed by atoms with Crippen molar-refractivity contribution in [2.75, 3.05) is 6.61 Å². The van der Waals surface area contributed by atoms with Gasteiger partial charge in [0.05, 0.1) is 6.10 Å². The van der Waals surface area contributed by atoms with Crippen LogP contribution in [0.25, 0.3) is 0 Å². The molecule has 0 aliphatic carbocycles. The summed E-state index contributed by atoms with van der Waals surface area (Å²) in [5.74, 6) is 0.255. The van der Waals surface area contributed by atoms with Crippen molar-refractivity contribution in [1.82, 2.24) is 0 Å². The van der Waals surface area contributed by atoms with E-state index in [1.165, 1.54) is 0 Å². The highest BCUT2D eigenvalue weighted by Crippen LogP contribution is 2.11. The lowest BCUT2D eigenvalue weighted by atomic mass is 9.99. The number of rotatable bonds is 5. The Bertz CT molecular complexity index is 89.3. The minimum atomic E-state index is -0.297. The molecule has 60 valence electrons. The molecule has 0 heterocycles. The van der Waals surface area contributed by atoms with Gasteiger partial charge in [0.2, 0.25) is 0 Å². The third-order valence-corrected chi connectivity index (χ3v) is 1.48. The summed E-state index contributed by atoms with van der Waals surface area (Å²) in [7, 11) is 0. The van der Waals surface area contributed by atoms with E-state index in [9.17, 15) is 0 Å². The lowest BCUT2D eigenvalue weighted by molar-refractivity contribution is 0.159. The molecule has 0 rings (SSSR count). The van der Waals surface area contributed by atoms with Gasteiger partial charge < -0.3 is 10.2 Å². The minimum Gasteiger partial charge on any atom is -0.396 e. The Morgan fingerprint density at radius 1 is 1.60 bits per heavy atom. The molecule has 0 saturated carbocycles. The van der Waals surface area contributed by atoms with Gasteiger partial charge in [0.1, 0.15) is 0 Å². The van der Waals surface area contributed by atoms with E-state index in [0.29, 0.717) is 12.8 Å². The SMILES string of the molecule is C=CC(CCO)CC(C)O. The van der Waals surface area contributed by atoms with Crippen LogP contribution in [0.2, 0.25) is 0 Å². The van der Waals surface area contributed by atoms with E-state index in [-0.39, 0.29) is 18.6 Å². The summed E-state index contributed by atoms with van der Waals surface area (Å²) in [4.78, 5) is 0. The number of aliphatic hydroxyl groups is 2. The normalized spacial score (nSPS) is 16.3. The Balaban J connectivity index is 3.49. The van der Waals surface area contributed by atoms with Crippen LogP contribution in [0, 0.1) is 5.92 Å². The molecule has 0 aliphatic rings. The Labute approximate surface area is 62.2 Å². The predicted molar refractivity (Wildman–Crippen MR) is 41.7 cm³/mol. The number of hydrogen-bond donors (Lipinski definition) is 2. The van der Waals surface area contributed by atoms with E-state index in [1.54, 1.807) is 13.0 Å². The first kappa shape index (κ1) is 9.66. The zero-order chi connectivity index (χ0) is 7.98. The van der Waals surface area contributed by atoms with E-state index < -0.39 is 0 Å². The van der Waals surface area contributed by atoms with E-state index in [2.05, 4.69) is 6.58 Å². The Hall–Kier alpha value is -0.340. The van der Waals surface area contributed by atoms with Gasteiger partial charge in [0.15, 0.2) is 0 Å². The molecule has 0 spiro atoms. The standard InChI is InChI=1S/C8H16O2/c1-3-8(4-5-9)6-7(2)10/h3,7-10H,1,4-6H2,2H3. The molecule has 10 heavy (non-hydrogen) atoms. The maximum atomic E-state index is 8.95. The third kappa shape index (κ3) is 4.53. The van der Waals surface area contributed by atoms with Gasteiger partial charge in [-0.25, -0.2) is 0 Å². The first-order valence-electron chi connectivity index (χ1n) is 3.62. The highest BCUT2D eigenvalue weighted by atomic mass is 16.3. The highest BCUT2D eigenvalue weighted by Gasteiger charge is 2.06. The zero-order valence-corrected chi connectivity index (χ0v) is 6.45. The van der Waals surface area contributed by atoms with Crippen molar-refractivity contribution in [2.45, 2.75) is 25.9 Å². The summed E-state index contributed by atoms with van der Waals surface area (Å²) in [6.07, 6.45) is 2.89. The van der Waals surface area contributed by atoms with Crippen molar-refractivity contribution >= 4 is 0 Å². The summed E-state index contributed by atoms with van der Waals surface area (Å²) in [6.45, 7) is 5.52. The Morgan fingerprint density at radius 3 is 2.50 bits per heavy atom. The molecule has 2 N–H and O–H groups in total. The Morgan fingerprint density at radius 2 is 2.20 bits per heavy atom. The van der Waals surface area contributed by atoms with Crippen LogP contribution in [0.15, 0.2) is 12.7 Å². The molecule has 0 fully saturated rings. The predicted octanol–water partition coefficient (Wildman–Crippen LogP) is 0.942. The maximum Gasteiger partial charge on any atom is 0.0517 e. The summed E-state index contributed by atoms with van der Waals surface area (Å²) in [5.41, 5.74) is 0. The van der Waals surface area contributed by atoms with Gasteiger partial charge in [-0.05, 0) is 25.7 Å². The van der Waals surface area contributed by atoms with Crippen molar-refractivity contribution in [2.24, 2.45) is 5.92 Å². The van der Waals surface area contributed by atoms with Crippen LogP contribution in [0.3, 0.4) is 0 Å². The van der Waals surface area contributed by atoms with E-state index in [0.717, 1.165) is 0 Å². The van der Waals surface area contributed by atoms with Gasteiger partial charge in [0, 0.05) is 6.61 Å². The van der Waals surface area contributed by atoms with Crippen molar-refractivity contribution in [3.8, 4) is 0 Å². The third-order valence-electron chi connectivity index (χ3n) is 1.48. The average Bonchev–Trinajstić information content (AvgIpc) is 1.86. The fraction of sp³-hybridized carbons (Fsp3) is 0.750. The zero-order valence-electron chi connectivity index (χ0n) is 6.45. The quantitative estimate of drug-likeness (QED) is 0.564. The van der Waals surface area contributed by atoms with Gasteiger partial charge in [-0.2, -0.15) is 0 Å². The maximum absolute atomic E-state index is 8.95. The number of allylic oxidation sites excluding steroid dienone is 1. The summed E-state index contributed by atoms with van der Waals surface area (Å²) >= 11 is 0. The van der Waals surface area contributed by atoms with Crippen molar-refractivity contribution in [1.29, 1.82) is 0 Å². The van der Waals surface area contributed by atoms with Crippen LogP contribution in [-0.4, -0.2) is 22.9 Å². The molecular weight excluding hydrogens is 128 g/mol.